The van der Waals surface area contributed by atoms with Gasteiger partial charge in [0.1, 0.15) is 0 Å². The summed E-state index contributed by atoms with van der Waals surface area (Å²) in [6.45, 7) is 2.00. The van der Waals surface area contributed by atoms with Gasteiger partial charge in [-0.3, -0.25) is 0 Å². The fraction of sp³-hybridized carbons (Fsp3) is 0.176. The second-order valence-corrected chi connectivity index (χ2v) is 5.46. The molecule has 1 N–H and O–H groups in total. The van der Waals surface area contributed by atoms with Gasteiger partial charge in [-0.15, -0.1) is 0 Å². The van der Waals surface area contributed by atoms with Crippen LogP contribution in [-0.2, 0) is 0 Å². The number of aliphatic hydroxyl groups excluding tert-OH is 1. The predicted octanol–water partition coefficient (Wildman–Crippen LogP) is 4.76. The summed E-state index contributed by atoms with van der Waals surface area (Å²) in [4.78, 5) is 0. The van der Waals surface area contributed by atoms with Crippen LogP contribution in [0.5, 0.6) is 0 Å². The van der Waals surface area contributed by atoms with E-state index in [9.17, 15) is 5.11 Å². The van der Waals surface area contributed by atoms with E-state index in [1.165, 1.54) is 0 Å². The Kier molecular flexibility index (Phi) is 5.16. The van der Waals surface area contributed by atoms with Crippen molar-refractivity contribution in [2.45, 2.75) is 19.4 Å². The second-order valence-electron chi connectivity index (χ2n) is 4.38. The zero-order valence-electron chi connectivity index (χ0n) is 10.9. The lowest BCUT2D eigenvalue weighted by Gasteiger charge is -2.17. The molecule has 0 saturated heterocycles. The number of rotatable bonds is 4. The molecule has 0 amide bonds. The molecule has 1 unspecified atom stereocenters. The van der Waals surface area contributed by atoms with Crippen LogP contribution in [0.2, 0.25) is 0 Å². The van der Waals surface area contributed by atoms with E-state index in [1.54, 1.807) is 0 Å². The maximum absolute atomic E-state index is 10.3. The van der Waals surface area contributed by atoms with Gasteiger partial charge in [0, 0.05) is 9.15 Å². The van der Waals surface area contributed by atoms with Crippen LogP contribution in [-0.4, -0.2) is 11.2 Å². The Morgan fingerprint density at radius 3 is 1.89 bits per heavy atom. The van der Waals surface area contributed by atoms with E-state index in [-0.39, 0.29) is 0 Å². The Labute approximate surface area is 128 Å². The van der Waals surface area contributed by atoms with Crippen LogP contribution in [0.1, 0.15) is 24.5 Å². The summed E-state index contributed by atoms with van der Waals surface area (Å²) in [5.41, 5.74) is 3.24. The van der Waals surface area contributed by atoms with Gasteiger partial charge in [0.2, 0.25) is 0 Å². The highest BCUT2D eigenvalue weighted by atomic mass is 127. The molecule has 98 valence electrons. The number of aliphatic hydroxyl groups is 1. The standard InChI is InChI=1S/C17H17IO/c1-2-15(19)16(13-9-5-3-6-10-13)17(18)14-11-7-4-8-12-14/h3-12,15,19H,2H2,1H3/b17-16-. The molecule has 1 atom stereocenters. The van der Waals surface area contributed by atoms with Gasteiger partial charge in [-0.05, 0) is 40.1 Å². The van der Waals surface area contributed by atoms with Crippen LogP contribution in [0, 0.1) is 0 Å². The van der Waals surface area contributed by atoms with Crippen LogP contribution in [0.15, 0.2) is 60.7 Å². The summed E-state index contributed by atoms with van der Waals surface area (Å²) in [6, 6.07) is 20.3. The zero-order valence-corrected chi connectivity index (χ0v) is 13.0. The van der Waals surface area contributed by atoms with Crippen molar-refractivity contribution in [3.63, 3.8) is 0 Å². The van der Waals surface area contributed by atoms with Crippen LogP contribution < -0.4 is 0 Å². The Morgan fingerprint density at radius 2 is 1.42 bits per heavy atom. The molecule has 2 rings (SSSR count). The molecule has 2 heteroatoms. The van der Waals surface area contributed by atoms with Crippen LogP contribution in [0.4, 0.5) is 0 Å². The third-order valence-electron chi connectivity index (χ3n) is 3.07. The number of halogens is 1. The van der Waals surface area contributed by atoms with E-state index in [2.05, 4.69) is 46.9 Å². The molecule has 0 spiro atoms. The molecule has 0 radical (unpaired) electrons. The number of hydrogen-bond acceptors (Lipinski definition) is 1. The molecule has 0 aliphatic heterocycles. The molecule has 0 aliphatic carbocycles. The highest BCUT2D eigenvalue weighted by Crippen LogP contribution is 2.34. The average Bonchev–Trinajstić information content (AvgIpc) is 2.49. The van der Waals surface area contributed by atoms with E-state index in [0.29, 0.717) is 6.42 Å². The van der Waals surface area contributed by atoms with Crippen LogP contribution in [0.25, 0.3) is 9.15 Å². The molecule has 0 aromatic heterocycles. The van der Waals surface area contributed by atoms with E-state index in [0.717, 1.165) is 20.3 Å². The van der Waals surface area contributed by atoms with Crippen molar-refractivity contribution in [2.24, 2.45) is 0 Å². The molecule has 2 aromatic rings. The minimum atomic E-state index is -0.436. The van der Waals surface area contributed by atoms with Crippen molar-refractivity contribution in [3.05, 3.63) is 71.8 Å². The fourth-order valence-corrected chi connectivity index (χ4v) is 3.06. The Balaban J connectivity index is 2.55. The summed E-state index contributed by atoms with van der Waals surface area (Å²) >= 11 is 2.33. The Morgan fingerprint density at radius 1 is 0.947 bits per heavy atom. The molecule has 0 aliphatic rings. The highest BCUT2D eigenvalue weighted by molar-refractivity contribution is 14.1. The van der Waals surface area contributed by atoms with Gasteiger partial charge in [-0.2, -0.15) is 0 Å². The summed E-state index contributed by atoms with van der Waals surface area (Å²) < 4.78 is 1.11. The lowest BCUT2D eigenvalue weighted by molar-refractivity contribution is 0.229. The van der Waals surface area contributed by atoms with Gasteiger partial charge in [-0.25, -0.2) is 0 Å². The first-order valence-corrected chi connectivity index (χ1v) is 7.50. The molecule has 19 heavy (non-hydrogen) atoms. The molecule has 0 bridgehead atoms. The molecular formula is C17H17IO. The highest BCUT2D eigenvalue weighted by Gasteiger charge is 2.16. The third kappa shape index (κ3) is 3.45. The predicted molar refractivity (Wildman–Crippen MR) is 90.0 cm³/mol. The van der Waals surface area contributed by atoms with Gasteiger partial charge in [0.15, 0.2) is 0 Å². The first-order chi connectivity index (χ1) is 9.24. The minimum absolute atomic E-state index is 0.436. The maximum Gasteiger partial charge on any atom is 0.0803 e. The van der Waals surface area contributed by atoms with E-state index in [4.69, 9.17) is 0 Å². The van der Waals surface area contributed by atoms with Crippen molar-refractivity contribution in [1.82, 2.24) is 0 Å². The number of hydrogen-bond donors (Lipinski definition) is 1. The van der Waals surface area contributed by atoms with Crippen molar-refractivity contribution < 1.29 is 5.11 Å². The molecule has 0 saturated carbocycles. The Bertz CT molecular complexity index is 546. The lowest BCUT2D eigenvalue weighted by atomic mass is 9.96. The first-order valence-electron chi connectivity index (χ1n) is 6.42. The Hall–Kier alpha value is -1.13. The van der Waals surface area contributed by atoms with Gasteiger partial charge < -0.3 is 5.11 Å². The first kappa shape index (κ1) is 14.3. The topological polar surface area (TPSA) is 20.2 Å². The molecule has 2 aromatic carbocycles. The van der Waals surface area contributed by atoms with Crippen molar-refractivity contribution in [1.29, 1.82) is 0 Å². The van der Waals surface area contributed by atoms with Gasteiger partial charge >= 0.3 is 0 Å². The smallest absolute Gasteiger partial charge is 0.0803 e. The molecule has 0 heterocycles. The minimum Gasteiger partial charge on any atom is -0.388 e. The van der Waals surface area contributed by atoms with E-state index >= 15 is 0 Å². The van der Waals surface area contributed by atoms with Crippen LogP contribution in [0.3, 0.4) is 0 Å². The molecular weight excluding hydrogens is 347 g/mol. The summed E-state index contributed by atoms with van der Waals surface area (Å²) in [5.74, 6) is 0. The van der Waals surface area contributed by atoms with Gasteiger partial charge in [-0.1, -0.05) is 67.6 Å². The quantitative estimate of drug-likeness (QED) is 0.613. The normalized spacial score (nSPS) is 13.8. The van der Waals surface area contributed by atoms with E-state index < -0.39 is 6.10 Å². The van der Waals surface area contributed by atoms with Gasteiger partial charge in [0.05, 0.1) is 6.10 Å². The van der Waals surface area contributed by atoms with Gasteiger partial charge in [0.25, 0.3) is 0 Å². The summed E-state index contributed by atoms with van der Waals surface area (Å²) in [7, 11) is 0. The fourth-order valence-electron chi connectivity index (χ4n) is 2.03. The average molecular weight is 364 g/mol. The lowest BCUT2D eigenvalue weighted by Crippen LogP contribution is -2.08. The third-order valence-corrected chi connectivity index (χ3v) is 4.27. The van der Waals surface area contributed by atoms with Crippen molar-refractivity contribution >= 4 is 31.7 Å². The van der Waals surface area contributed by atoms with E-state index in [1.807, 2.05) is 43.3 Å². The molecule has 0 fully saturated rings. The summed E-state index contributed by atoms with van der Waals surface area (Å²) in [5, 5.41) is 10.3. The largest absolute Gasteiger partial charge is 0.388 e. The monoisotopic (exact) mass is 364 g/mol. The number of benzene rings is 2. The van der Waals surface area contributed by atoms with Crippen molar-refractivity contribution in [2.75, 3.05) is 0 Å². The second kappa shape index (κ2) is 6.87. The van der Waals surface area contributed by atoms with Crippen LogP contribution >= 0.6 is 22.6 Å². The zero-order chi connectivity index (χ0) is 13.7. The van der Waals surface area contributed by atoms with Crippen molar-refractivity contribution in [3.8, 4) is 0 Å². The SMILES string of the molecule is CCC(O)/C(=C(\I)c1ccccc1)c1ccccc1. The maximum atomic E-state index is 10.3. The summed E-state index contributed by atoms with van der Waals surface area (Å²) in [6.07, 6.45) is 0.276. The molecule has 1 nitrogen and oxygen atoms in total.